The summed E-state index contributed by atoms with van der Waals surface area (Å²) in [6.45, 7) is 4.68. The van der Waals surface area contributed by atoms with Crippen LogP contribution in [0.25, 0.3) is 0 Å². The molecule has 3 aromatic rings. The fourth-order valence-corrected chi connectivity index (χ4v) is 2.83. The zero-order valence-electron chi connectivity index (χ0n) is 15.2. The highest BCUT2D eigenvalue weighted by atomic mass is 32.2. The van der Waals surface area contributed by atoms with E-state index >= 15 is 0 Å². The lowest BCUT2D eigenvalue weighted by Gasteiger charge is -2.06. The summed E-state index contributed by atoms with van der Waals surface area (Å²) < 4.78 is 7.50. The number of hydrogen-bond acceptors (Lipinski definition) is 5. The van der Waals surface area contributed by atoms with E-state index in [0.717, 1.165) is 16.5 Å². The maximum absolute atomic E-state index is 5.78. The van der Waals surface area contributed by atoms with Crippen LogP contribution < -0.4 is 4.74 Å². The van der Waals surface area contributed by atoms with Gasteiger partial charge in [0.2, 0.25) is 5.16 Å². The second-order valence-electron chi connectivity index (χ2n) is 6.08. The largest absolute Gasteiger partial charge is 0.486 e. The van der Waals surface area contributed by atoms with Gasteiger partial charge in [0.15, 0.2) is 5.82 Å². The van der Waals surface area contributed by atoms with Gasteiger partial charge in [-0.3, -0.25) is 0 Å². The summed E-state index contributed by atoms with van der Waals surface area (Å²) in [4.78, 5) is 0. The lowest BCUT2D eigenvalue weighted by Crippen LogP contribution is -2.04. The second-order valence-corrected chi connectivity index (χ2v) is 6.86. The highest BCUT2D eigenvalue weighted by Crippen LogP contribution is 2.17. The maximum Gasteiger partial charge on any atom is 0.211 e. The van der Waals surface area contributed by atoms with Gasteiger partial charge in [0.25, 0.3) is 0 Å². The lowest BCUT2D eigenvalue weighted by molar-refractivity contribution is 0.290. The molecule has 0 aliphatic rings. The van der Waals surface area contributed by atoms with E-state index in [0.29, 0.717) is 18.3 Å². The van der Waals surface area contributed by atoms with Gasteiger partial charge in [-0.2, -0.15) is 9.78 Å². The van der Waals surface area contributed by atoms with Gasteiger partial charge >= 0.3 is 0 Å². The van der Waals surface area contributed by atoms with Gasteiger partial charge in [0.05, 0.1) is 6.21 Å². The van der Waals surface area contributed by atoms with Crippen LogP contribution in [0.5, 0.6) is 5.75 Å². The van der Waals surface area contributed by atoms with Crippen molar-refractivity contribution in [1.82, 2.24) is 14.9 Å². The molecule has 3 rings (SSSR count). The first-order chi connectivity index (χ1) is 12.7. The van der Waals surface area contributed by atoms with Crippen LogP contribution in [0.4, 0.5) is 0 Å². The van der Waals surface area contributed by atoms with Crippen LogP contribution in [0.1, 0.15) is 36.7 Å². The molecule has 0 bridgehead atoms. The van der Waals surface area contributed by atoms with Crippen molar-refractivity contribution in [3.63, 3.8) is 0 Å². The lowest BCUT2D eigenvalue weighted by atomic mass is 10.0. The maximum atomic E-state index is 5.78. The number of para-hydroxylation sites is 1. The van der Waals surface area contributed by atoms with Crippen molar-refractivity contribution in [2.24, 2.45) is 5.10 Å². The molecule has 0 fully saturated rings. The first kappa shape index (κ1) is 18.2. The number of ether oxygens (including phenoxy) is 1. The van der Waals surface area contributed by atoms with Crippen LogP contribution in [-0.4, -0.2) is 27.3 Å². The Morgan fingerprint density at radius 3 is 2.46 bits per heavy atom. The van der Waals surface area contributed by atoms with Gasteiger partial charge in [0.1, 0.15) is 12.4 Å². The molecule has 0 amide bonds. The second kappa shape index (κ2) is 8.67. The van der Waals surface area contributed by atoms with Crippen LogP contribution >= 0.6 is 11.8 Å². The highest BCUT2D eigenvalue weighted by Gasteiger charge is 2.11. The molecule has 26 heavy (non-hydrogen) atoms. The number of benzene rings is 2. The van der Waals surface area contributed by atoms with Crippen LogP contribution in [0, 0.1) is 0 Å². The summed E-state index contributed by atoms with van der Waals surface area (Å²) in [5, 5.41) is 13.7. The minimum Gasteiger partial charge on any atom is -0.486 e. The molecule has 0 N–H and O–H groups in total. The standard InChI is InChI=1S/C20H22N4OS/c1-15(2)17-11-9-16(10-12-17)13-21-24-19(22-23-20(24)26-3)14-25-18-7-5-4-6-8-18/h4-13,15H,14H2,1-3H3/b21-13-. The Kier molecular flexibility index (Phi) is 6.07. The summed E-state index contributed by atoms with van der Waals surface area (Å²) >= 11 is 1.50. The van der Waals surface area contributed by atoms with Crippen LogP contribution in [0.3, 0.4) is 0 Å². The van der Waals surface area contributed by atoms with Crippen molar-refractivity contribution in [2.45, 2.75) is 31.5 Å². The Hall–Kier alpha value is -2.60. The molecule has 134 valence electrons. The smallest absolute Gasteiger partial charge is 0.211 e. The molecule has 0 spiro atoms. The minimum atomic E-state index is 0.307. The highest BCUT2D eigenvalue weighted by molar-refractivity contribution is 7.98. The van der Waals surface area contributed by atoms with Crippen molar-refractivity contribution < 1.29 is 4.74 Å². The SMILES string of the molecule is CSc1nnc(COc2ccccc2)n1/N=C\c1ccc(C(C)C)cc1. The average Bonchev–Trinajstić information content (AvgIpc) is 3.07. The molecule has 1 heterocycles. The van der Waals surface area contributed by atoms with Gasteiger partial charge in [0, 0.05) is 0 Å². The van der Waals surface area contributed by atoms with E-state index in [2.05, 4.69) is 53.4 Å². The molecular formula is C20H22N4OS. The van der Waals surface area contributed by atoms with Gasteiger partial charge in [-0.25, -0.2) is 0 Å². The number of nitrogens with zero attached hydrogens (tertiary/aromatic N) is 4. The Morgan fingerprint density at radius 2 is 1.81 bits per heavy atom. The number of aromatic nitrogens is 3. The van der Waals surface area contributed by atoms with E-state index in [1.807, 2.05) is 42.8 Å². The first-order valence-corrected chi connectivity index (χ1v) is 9.70. The molecule has 0 aliphatic heterocycles. The molecule has 0 saturated carbocycles. The summed E-state index contributed by atoms with van der Waals surface area (Å²) in [5.74, 6) is 1.97. The van der Waals surface area contributed by atoms with Gasteiger partial charge in [-0.1, -0.05) is 68.1 Å². The molecule has 1 aromatic heterocycles. The fraction of sp³-hybridized carbons (Fsp3) is 0.250. The first-order valence-electron chi connectivity index (χ1n) is 8.48. The monoisotopic (exact) mass is 366 g/mol. The summed E-state index contributed by atoms with van der Waals surface area (Å²) in [6, 6.07) is 18.1. The molecule has 6 heteroatoms. The zero-order chi connectivity index (χ0) is 18.4. The molecule has 5 nitrogen and oxygen atoms in total. The van der Waals surface area contributed by atoms with Crippen LogP contribution in [-0.2, 0) is 6.61 Å². The summed E-state index contributed by atoms with van der Waals surface area (Å²) in [5.41, 5.74) is 2.35. The Bertz CT molecular complexity index is 857. The van der Waals surface area contributed by atoms with Crippen LogP contribution in [0.2, 0.25) is 0 Å². The van der Waals surface area contributed by atoms with Gasteiger partial charge in [-0.15, -0.1) is 10.2 Å². The molecular weight excluding hydrogens is 344 g/mol. The summed E-state index contributed by atoms with van der Waals surface area (Å²) in [7, 11) is 0. The summed E-state index contributed by atoms with van der Waals surface area (Å²) in [6.07, 6.45) is 3.77. The van der Waals surface area contributed by atoms with E-state index in [4.69, 9.17) is 4.74 Å². The van der Waals surface area contributed by atoms with E-state index in [1.54, 1.807) is 4.68 Å². The normalized spacial score (nSPS) is 11.4. The Labute approximate surface area is 158 Å². The van der Waals surface area contributed by atoms with E-state index < -0.39 is 0 Å². The zero-order valence-corrected chi connectivity index (χ0v) is 16.0. The van der Waals surface area contributed by atoms with Gasteiger partial charge < -0.3 is 4.74 Å². The van der Waals surface area contributed by atoms with Crippen molar-refractivity contribution in [3.05, 3.63) is 71.5 Å². The number of hydrogen-bond donors (Lipinski definition) is 0. The molecule has 0 atom stereocenters. The Morgan fingerprint density at radius 1 is 1.08 bits per heavy atom. The Balaban J connectivity index is 1.76. The van der Waals surface area contributed by atoms with Crippen molar-refractivity contribution in [3.8, 4) is 5.75 Å². The molecule has 0 saturated heterocycles. The van der Waals surface area contributed by atoms with E-state index in [-0.39, 0.29) is 0 Å². The average molecular weight is 366 g/mol. The quantitative estimate of drug-likeness (QED) is 0.453. The molecule has 2 aromatic carbocycles. The van der Waals surface area contributed by atoms with Gasteiger partial charge in [-0.05, 0) is 35.4 Å². The van der Waals surface area contributed by atoms with Crippen LogP contribution in [0.15, 0.2) is 64.9 Å². The third kappa shape index (κ3) is 4.52. The molecule has 0 aliphatic carbocycles. The van der Waals surface area contributed by atoms with Crippen molar-refractivity contribution in [2.75, 3.05) is 6.26 Å². The number of rotatable bonds is 7. The minimum absolute atomic E-state index is 0.307. The molecule has 0 unspecified atom stereocenters. The number of thioether (sulfide) groups is 1. The topological polar surface area (TPSA) is 52.3 Å². The third-order valence-electron chi connectivity index (χ3n) is 3.90. The molecule has 0 radical (unpaired) electrons. The van der Waals surface area contributed by atoms with E-state index in [1.165, 1.54) is 17.3 Å². The predicted octanol–water partition coefficient (Wildman–Crippen LogP) is 4.58. The predicted molar refractivity (Wildman–Crippen MR) is 106 cm³/mol. The van der Waals surface area contributed by atoms with E-state index in [9.17, 15) is 0 Å². The van der Waals surface area contributed by atoms with Crippen molar-refractivity contribution in [1.29, 1.82) is 0 Å². The van der Waals surface area contributed by atoms with Crippen molar-refractivity contribution >= 4 is 18.0 Å². The fourth-order valence-electron chi connectivity index (χ4n) is 2.38. The third-order valence-corrected chi connectivity index (χ3v) is 4.52.